The largest absolute Gasteiger partial charge is 0.506 e. The Morgan fingerprint density at radius 1 is 1.14 bits per heavy atom. The van der Waals surface area contributed by atoms with Crippen LogP contribution in [0.1, 0.15) is 24.0 Å². The predicted octanol–water partition coefficient (Wildman–Crippen LogP) is 4.63. The Balaban J connectivity index is 1.66. The van der Waals surface area contributed by atoms with Gasteiger partial charge in [0.1, 0.15) is 5.75 Å². The molecule has 0 saturated heterocycles. The molecular formula is C17H17BrClNO. The Hall–Kier alpha value is -1.03. The van der Waals surface area contributed by atoms with Gasteiger partial charge in [0, 0.05) is 23.0 Å². The summed E-state index contributed by atoms with van der Waals surface area (Å²) in [4.78, 5) is 0. The lowest BCUT2D eigenvalue weighted by atomic mass is 9.96. The van der Waals surface area contributed by atoms with E-state index < -0.39 is 0 Å². The average Bonchev–Trinajstić information content (AvgIpc) is 3.25. The molecule has 0 bridgehead atoms. The summed E-state index contributed by atoms with van der Waals surface area (Å²) in [6, 6.07) is 13.8. The lowest BCUT2D eigenvalue weighted by molar-refractivity contribution is 0.474. The van der Waals surface area contributed by atoms with Gasteiger partial charge in [-0.15, -0.1) is 0 Å². The number of hydrogen-bond acceptors (Lipinski definition) is 2. The van der Waals surface area contributed by atoms with Crippen molar-refractivity contribution in [1.29, 1.82) is 0 Å². The number of hydrogen-bond donors (Lipinski definition) is 2. The third kappa shape index (κ3) is 3.10. The summed E-state index contributed by atoms with van der Waals surface area (Å²) in [6.07, 6.45) is 2.41. The van der Waals surface area contributed by atoms with E-state index in [9.17, 15) is 5.11 Å². The predicted molar refractivity (Wildman–Crippen MR) is 89.9 cm³/mol. The average molecular weight is 367 g/mol. The van der Waals surface area contributed by atoms with E-state index >= 15 is 0 Å². The number of rotatable bonds is 5. The minimum atomic E-state index is 0.142. The van der Waals surface area contributed by atoms with E-state index in [1.54, 1.807) is 6.07 Å². The van der Waals surface area contributed by atoms with Crippen molar-refractivity contribution < 1.29 is 5.11 Å². The van der Waals surface area contributed by atoms with Crippen LogP contribution in [0.2, 0.25) is 5.02 Å². The molecule has 1 aliphatic rings. The van der Waals surface area contributed by atoms with Crippen molar-refractivity contribution in [2.75, 3.05) is 6.54 Å². The summed E-state index contributed by atoms with van der Waals surface area (Å²) >= 11 is 9.75. The van der Waals surface area contributed by atoms with E-state index in [1.807, 2.05) is 18.2 Å². The first-order chi connectivity index (χ1) is 10.1. The molecule has 0 spiro atoms. The summed E-state index contributed by atoms with van der Waals surface area (Å²) < 4.78 is 1.18. The van der Waals surface area contributed by atoms with Gasteiger partial charge >= 0.3 is 0 Å². The standard InChI is InChI=1S/C17H17BrClNO/c18-14-6-2-1-5-13(14)17(8-9-17)11-20-10-12-4-3-7-15(21)16(12)19/h1-7,20-21H,8-11H2. The maximum atomic E-state index is 9.62. The Labute approximate surface area is 138 Å². The smallest absolute Gasteiger partial charge is 0.134 e. The van der Waals surface area contributed by atoms with Crippen molar-refractivity contribution in [3.8, 4) is 5.75 Å². The molecule has 1 saturated carbocycles. The topological polar surface area (TPSA) is 32.3 Å². The summed E-state index contributed by atoms with van der Waals surface area (Å²) in [6.45, 7) is 1.58. The Morgan fingerprint density at radius 2 is 1.90 bits per heavy atom. The first-order valence-electron chi connectivity index (χ1n) is 7.04. The van der Waals surface area contributed by atoms with Crippen LogP contribution in [-0.2, 0) is 12.0 Å². The highest BCUT2D eigenvalue weighted by atomic mass is 79.9. The Morgan fingerprint density at radius 3 is 2.62 bits per heavy atom. The van der Waals surface area contributed by atoms with Gasteiger partial charge in [-0.05, 0) is 36.1 Å². The van der Waals surface area contributed by atoms with Gasteiger partial charge in [0.05, 0.1) is 5.02 Å². The molecule has 3 rings (SSSR count). The van der Waals surface area contributed by atoms with Crippen molar-refractivity contribution in [3.63, 3.8) is 0 Å². The number of nitrogens with one attached hydrogen (secondary N) is 1. The maximum Gasteiger partial charge on any atom is 0.134 e. The van der Waals surface area contributed by atoms with E-state index in [-0.39, 0.29) is 11.2 Å². The monoisotopic (exact) mass is 365 g/mol. The van der Waals surface area contributed by atoms with Crippen LogP contribution < -0.4 is 5.32 Å². The van der Waals surface area contributed by atoms with E-state index in [0.717, 1.165) is 12.1 Å². The van der Waals surface area contributed by atoms with Gasteiger partial charge in [0.2, 0.25) is 0 Å². The van der Waals surface area contributed by atoms with Gasteiger partial charge in [-0.1, -0.05) is 57.9 Å². The molecule has 0 amide bonds. The Kier molecular flexibility index (Phi) is 4.25. The number of benzene rings is 2. The van der Waals surface area contributed by atoms with Crippen LogP contribution in [0, 0.1) is 0 Å². The van der Waals surface area contributed by atoms with Crippen molar-refractivity contribution >= 4 is 27.5 Å². The summed E-state index contributed by atoms with van der Waals surface area (Å²) in [5.74, 6) is 0.142. The third-order valence-corrected chi connectivity index (χ3v) is 5.26. The quantitative estimate of drug-likeness (QED) is 0.808. The van der Waals surface area contributed by atoms with Gasteiger partial charge in [0.25, 0.3) is 0 Å². The second-order valence-corrected chi connectivity index (χ2v) is 6.85. The van der Waals surface area contributed by atoms with Crippen LogP contribution >= 0.6 is 27.5 Å². The zero-order valence-corrected chi connectivity index (χ0v) is 13.9. The normalized spacial score (nSPS) is 15.9. The fourth-order valence-electron chi connectivity index (χ4n) is 2.72. The highest BCUT2D eigenvalue weighted by Gasteiger charge is 2.44. The molecule has 1 fully saturated rings. The number of aromatic hydroxyl groups is 1. The third-order valence-electron chi connectivity index (χ3n) is 4.14. The summed E-state index contributed by atoms with van der Waals surface area (Å²) in [5.41, 5.74) is 2.54. The van der Waals surface area contributed by atoms with Crippen LogP contribution in [0.15, 0.2) is 46.9 Å². The molecular weight excluding hydrogens is 350 g/mol. The van der Waals surface area contributed by atoms with Crippen LogP contribution in [0.4, 0.5) is 0 Å². The number of phenolic OH excluding ortho intramolecular Hbond substituents is 1. The lowest BCUT2D eigenvalue weighted by Gasteiger charge is -2.18. The SMILES string of the molecule is Oc1cccc(CNCC2(c3ccccc3Br)CC2)c1Cl. The molecule has 1 aliphatic carbocycles. The number of phenols is 1. The van der Waals surface area contributed by atoms with Gasteiger partial charge < -0.3 is 10.4 Å². The zero-order chi connectivity index (χ0) is 14.9. The van der Waals surface area contributed by atoms with E-state index in [4.69, 9.17) is 11.6 Å². The molecule has 0 aromatic heterocycles. The van der Waals surface area contributed by atoms with Crippen molar-refractivity contribution in [3.05, 3.63) is 63.1 Å². The minimum Gasteiger partial charge on any atom is -0.506 e. The second kappa shape index (κ2) is 5.99. The molecule has 2 N–H and O–H groups in total. The molecule has 4 heteroatoms. The van der Waals surface area contributed by atoms with Gasteiger partial charge in [0.15, 0.2) is 0 Å². The Bertz CT molecular complexity index is 655. The van der Waals surface area contributed by atoms with Crippen molar-refractivity contribution in [2.24, 2.45) is 0 Å². The molecule has 0 radical (unpaired) electrons. The van der Waals surface area contributed by atoms with Crippen LogP contribution in [-0.4, -0.2) is 11.7 Å². The summed E-state index contributed by atoms with van der Waals surface area (Å²) in [7, 11) is 0. The van der Waals surface area contributed by atoms with Gasteiger partial charge in [-0.3, -0.25) is 0 Å². The molecule has 2 aromatic carbocycles. The van der Waals surface area contributed by atoms with Crippen LogP contribution in [0.25, 0.3) is 0 Å². The van der Waals surface area contributed by atoms with E-state index in [1.165, 1.54) is 22.9 Å². The molecule has 110 valence electrons. The van der Waals surface area contributed by atoms with Crippen LogP contribution in [0.3, 0.4) is 0 Å². The van der Waals surface area contributed by atoms with Gasteiger partial charge in [-0.25, -0.2) is 0 Å². The first kappa shape index (κ1) is 14.9. The molecule has 21 heavy (non-hydrogen) atoms. The molecule has 0 atom stereocenters. The fourth-order valence-corrected chi connectivity index (χ4v) is 3.62. The van der Waals surface area contributed by atoms with Gasteiger partial charge in [-0.2, -0.15) is 0 Å². The summed E-state index contributed by atoms with van der Waals surface area (Å²) in [5, 5.41) is 13.5. The van der Waals surface area contributed by atoms with Crippen molar-refractivity contribution in [1.82, 2.24) is 5.32 Å². The van der Waals surface area contributed by atoms with Crippen molar-refractivity contribution in [2.45, 2.75) is 24.8 Å². The highest BCUT2D eigenvalue weighted by molar-refractivity contribution is 9.10. The van der Waals surface area contributed by atoms with E-state index in [2.05, 4.69) is 39.4 Å². The molecule has 2 nitrogen and oxygen atoms in total. The number of halogens is 2. The van der Waals surface area contributed by atoms with E-state index in [0.29, 0.717) is 11.6 Å². The minimum absolute atomic E-state index is 0.142. The zero-order valence-electron chi connectivity index (χ0n) is 11.6. The lowest BCUT2D eigenvalue weighted by Crippen LogP contribution is -2.27. The maximum absolute atomic E-state index is 9.62. The molecule has 2 aromatic rings. The van der Waals surface area contributed by atoms with Crippen LogP contribution in [0.5, 0.6) is 5.75 Å². The molecule has 0 heterocycles. The second-order valence-electron chi connectivity index (χ2n) is 5.61. The fraction of sp³-hybridized carbons (Fsp3) is 0.294. The molecule has 0 aliphatic heterocycles. The first-order valence-corrected chi connectivity index (χ1v) is 8.22. The highest BCUT2D eigenvalue weighted by Crippen LogP contribution is 2.49. The molecule has 0 unspecified atom stereocenters.